The van der Waals surface area contributed by atoms with Crippen LogP contribution in [0.25, 0.3) is 18.2 Å². The molecule has 216 valence electrons. The molecule has 1 unspecified atom stereocenters. The minimum absolute atomic E-state index is 0.822. The number of piperidine rings is 1. The molecule has 0 saturated carbocycles. The van der Waals surface area contributed by atoms with Crippen molar-refractivity contribution < 1.29 is 0 Å². The van der Waals surface area contributed by atoms with Gasteiger partial charge in [-0.25, -0.2) is 4.99 Å². The highest BCUT2D eigenvalue weighted by Gasteiger charge is 2.28. The van der Waals surface area contributed by atoms with Gasteiger partial charge < -0.3 is 10.2 Å². The molecule has 0 amide bonds. The van der Waals surface area contributed by atoms with Crippen molar-refractivity contribution in [3.63, 3.8) is 0 Å². The maximum Gasteiger partial charge on any atom is 0.0923 e. The number of rotatable bonds is 4. The molecule has 8 rings (SSSR count). The molecule has 0 spiro atoms. The summed E-state index contributed by atoms with van der Waals surface area (Å²) in [4.78, 5) is 6.66. The Morgan fingerprint density at radius 1 is 0.721 bits per heavy atom. The first-order chi connectivity index (χ1) is 21.3. The zero-order valence-electron chi connectivity index (χ0n) is 25.0. The molecule has 2 aliphatic carbocycles. The molecule has 0 radical (unpaired) electrons. The van der Waals surface area contributed by atoms with Crippen LogP contribution >= 0.6 is 0 Å². The summed E-state index contributed by atoms with van der Waals surface area (Å²) in [5, 5.41) is 8.88. The van der Waals surface area contributed by atoms with E-state index in [1.807, 2.05) is 30.3 Å². The molecule has 0 aromatic heterocycles. The van der Waals surface area contributed by atoms with Crippen LogP contribution in [0.15, 0.2) is 102 Å². The van der Waals surface area contributed by atoms with Gasteiger partial charge >= 0.3 is 0 Å². The minimum atomic E-state index is 0.822. The largest absolute Gasteiger partial charge is 0.346 e. The van der Waals surface area contributed by atoms with E-state index < -0.39 is 0 Å². The predicted octanol–water partition coefficient (Wildman–Crippen LogP) is 6.72. The van der Waals surface area contributed by atoms with E-state index in [0.717, 1.165) is 23.9 Å². The molecule has 1 atom stereocenters. The Kier molecular flexibility index (Phi) is 8.33. The molecular formula is C40H41N3. The van der Waals surface area contributed by atoms with Gasteiger partial charge in [0.15, 0.2) is 0 Å². The number of aliphatic imine (C=N–C) groups is 1. The van der Waals surface area contributed by atoms with Crippen molar-refractivity contribution in [2.45, 2.75) is 38.5 Å². The number of nitrogens with zero attached hydrogens (tertiary/aromatic N) is 2. The van der Waals surface area contributed by atoms with Gasteiger partial charge in [0.1, 0.15) is 0 Å². The third kappa shape index (κ3) is 6.28. The van der Waals surface area contributed by atoms with Crippen molar-refractivity contribution >= 4 is 30.3 Å². The normalized spacial score (nSPS) is 18.7. The number of hydrogen-bond acceptors (Lipinski definition) is 3. The zero-order chi connectivity index (χ0) is 28.8. The predicted molar refractivity (Wildman–Crippen MR) is 181 cm³/mol. The van der Waals surface area contributed by atoms with Crippen molar-refractivity contribution in [3.05, 3.63) is 140 Å². The molecule has 2 heterocycles. The Bertz CT molecular complexity index is 1850. The highest BCUT2D eigenvalue weighted by Crippen LogP contribution is 2.33. The van der Waals surface area contributed by atoms with Crippen molar-refractivity contribution in [3.8, 4) is 0 Å². The standard InChI is InChI=1S/C31H33N.C9H8N2/c1-2-6-23(7-3-1)16-19-32-20-17-24(18-21-32)27-11-10-26-13-14-29-28-9-5-4-8-25(28)12-15-30(29)31(26)22-27;1-2-4-9-8(3-1)5-6-10-7-11-9/h1-10,12-14,24,27H,11,15-22H2;1-7H,(H,10,11). The first kappa shape index (κ1) is 27.6. The van der Waals surface area contributed by atoms with E-state index in [1.54, 1.807) is 23.7 Å². The molecule has 4 aromatic carbocycles. The summed E-state index contributed by atoms with van der Waals surface area (Å²) in [6.45, 7) is 3.75. The second-order valence-electron chi connectivity index (χ2n) is 12.3. The number of benzene rings is 4. The number of anilines is 1. The summed E-state index contributed by atoms with van der Waals surface area (Å²) in [5.74, 6) is 1.70. The Hall–Kier alpha value is -4.21. The van der Waals surface area contributed by atoms with Gasteiger partial charge in [0.25, 0.3) is 0 Å². The van der Waals surface area contributed by atoms with Crippen LogP contribution in [0.3, 0.4) is 0 Å². The zero-order valence-corrected chi connectivity index (χ0v) is 25.0. The number of hydrogen-bond donors (Lipinski definition) is 1. The van der Waals surface area contributed by atoms with E-state index in [9.17, 15) is 0 Å². The van der Waals surface area contributed by atoms with Crippen LogP contribution in [0.4, 0.5) is 5.69 Å². The summed E-state index contributed by atoms with van der Waals surface area (Å²) in [7, 11) is 0. The van der Waals surface area contributed by atoms with Crippen LogP contribution < -0.4 is 15.8 Å². The van der Waals surface area contributed by atoms with Crippen molar-refractivity contribution in [1.82, 2.24) is 4.90 Å². The highest BCUT2D eigenvalue weighted by atomic mass is 15.1. The molecule has 43 heavy (non-hydrogen) atoms. The van der Waals surface area contributed by atoms with Gasteiger partial charge in [-0.3, -0.25) is 0 Å². The molecular weight excluding hydrogens is 522 g/mol. The Morgan fingerprint density at radius 2 is 1.53 bits per heavy atom. The average molecular weight is 564 g/mol. The lowest BCUT2D eigenvalue weighted by Gasteiger charge is -2.37. The quantitative estimate of drug-likeness (QED) is 0.299. The van der Waals surface area contributed by atoms with Crippen LogP contribution in [0, 0.1) is 22.3 Å². The maximum absolute atomic E-state index is 3.97. The molecule has 1 saturated heterocycles. The number of fused-ring (bicyclic) bond motifs is 5. The van der Waals surface area contributed by atoms with Crippen LogP contribution in [0.5, 0.6) is 0 Å². The Morgan fingerprint density at radius 3 is 2.44 bits per heavy atom. The topological polar surface area (TPSA) is 27.6 Å². The molecule has 0 bridgehead atoms. The lowest BCUT2D eigenvalue weighted by Crippen LogP contribution is -2.38. The minimum Gasteiger partial charge on any atom is -0.346 e. The third-order valence-corrected chi connectivity index (χ3v) is 9.81. The highest BCUT2D eigenvalue weighted by molar-refractivity contribution is 5.83. The van der Waals surface area contributed by atoms with Crippen LogP contribution in [0.2, 0.25) is 0 Å². The smallest absolute Gasteiger partial charge is 0.0923 e. The lowest BCUT2D eigenvalue weighted by atomic mass is 9.75. The monoisotopic (exact) mass is 563 g/mol. The number of para-hydroxylation sites is 1. The Balaban J connectivity index is 0.000000229. The second kappa shape index (κ2) is 13.0. The SMILES string of the molecule is C1=Cc2ccccc2NC=N1.C1=c2ccc3c(c2CC(C2CCN(CCc4ccccc4)CC2)C1)CC=c1ccccc1=3. The van der Waals surface area contributed by atoms with Gasteiger partial charge in [-0.15, -0.1) is 0 Å². The number of likely N-dealkylation sites (tertiary alicyclic amines) is 1. The van der Waals surface area contributed by atoms with Crippen molar-refractivity contribution in [1.29, 1.82) is 0 Å². The average Bonchev–Trinajstić information content (AvgIpc) is 3.34. The first-order valence-corrected chi connectivity index (χ1v) is 16.0. The molecule has 3 heteroatoms. The second-order valence-corrected chi connectivity index (χ2v) is 12.3. The van der Waals surface area contributed by atoms with E-state index in [-0.39, 0.29) is 0 Å². The summed E-state index contributed by atoms with van der Waals surface area (Å²) in [6, 6.07) is 32.7. The van der Waals surface area contributed by atoms with E-state index in [0.29, 0.717) is 0 Å². The molecule has 1 N–H and O–H groups in total. The Labute approximate surface area is 255 Å². The van der Waals surface area contributed by atoms with Gasteiger partial charge in [-0.05, 0) is 119 Å². The van der Waals surface area contributed by atoms with E-state index >= 15 is 0 Å². The van der Waals surface area contributed by atoms with Gasteiger partial charge in [0, 0.05) is 18.4 Å². The van der Waals surface area contributed by atoms with Crippen LogP contribution in [-0.2, 0) is 19.3 Å². The van der Waals surface area contributed by atoms with Crippen LogP contribution in [-0.4, -0.2) is 30.9 Å². The van der Waals surface area contributed by atoms with Crippen molar-refractivity contribution in [2.24, 2.45) is 16.8 Å². The van der Waals surface area contributed by atoms with E-state index in [4.69, 9.17) is 0 Å². The van der Waals surface area contributed by atoms with Crippen LogP contribution in [0.1, 0.15) is 41.5 Å². The summed E-state index contributed by atoms with van der Waals surface area (Å²) >= 11 is 0. The van der Waals surface area contributed by atoms with Gasteiger partial charge in [-0.2, -0.15) is 0 Å². The first-order valence-electron chi connectivity index (χ1n) is 16.0. The molecule has 2 aliphatic heterocycles. The van der Waals surface area contributed by atoms with Gasteiger partial charge in [0.2, 0.25) is 0 Å². The van der Waals surface area contributed by atoms with Crippen molar-refractivity contribution in [2.75, 3.05) is 25.0 Å². The number of nitrogens with one attached hydrogen (secondary N) is 1. The fraction of sp³-hybridized carbons (Fsp3) is 0.275. The van der Waals surface area contributed by atoms with Gasteiger partial charge in [0.05, 0.1) is 6.34 Å². The fourth-order valence-electron chi connectivity index (χ4n) is 7.37. The fourth-order valence-corrected chi connectivity index (χ4v) is 7.37. The summed E-state index contributed by atoms with van der Waals surface area (Å²) < 4.78 is 0. The molecule has 1 fully saturated rings. The summed E-state index contributed by atoms with van der Waals surface area (Å²) in [5.41, 5.74) is 6.99. The molecule has 4 aliphatic rings. The summed E-state index contributed by atoms with van der Waals surface area (Å²) in [6.07, 6.45) is 18.0. The molecule has 3 nitrogen and oxygen atoms in total. The van der Waals surface area contributed by atoms with Gasteiger partial charge in [-0.1, -0.05) is 97.1 Å². The molecule has 4 aromatic rings. The van der Waals surface area contributed by atoms with E-state index in [1.165, 1.54) is 83.7 Å². The lowest BCUT2D eigenvalue weighted by molar-refractivity contribution is 0.148. The maximum atomic E-state index is 3.97. The third-order valence-electron chi connectivity index (χ3n) is 9.81. The van der Waals surface area contributed by atoms with E-state index in [2.05, 4.69) is 94.1 Å².